The lowest BCUT2D eigenvalue weighted by Gasteiger charge is -2.12. The number of ether oxygens (including phenoxy) is 1. The minimum atomic E-state index is -3.79. The first-order chi connectivity index (χ1) is 12.7. The SMILES string of the molecule is CCOC(=O)c1oc2ccc(S(=O)(=O)Nc3cccc(C)c3C)cc2c1C. The van der Waals surface area contributed by atoms with Gasteiger partial charge in [-0.25, -0.2) is 13.2 Å². The molecule has 1 heterocycles. The lowest BCUT2D eigenvalue weighted by Crippen LogP contribution is -2.14. The van der Waals surface area contributed by atoms with Gasteiger partial charge in [0.05, 0.1) is 17.2 Å². The first kappa shape index (κ1) is 19.0. The van der Waals surface area contributed by atoms with Gasteiger partial charge in [0.1, 0.15) is 5.58 Å². The minimum absolute atomic E-state index is 0.0869. The van der Waals surface area contributed by atoms with Gasteiger partial charge in [-0.2, -0.15) is 0 Å². The zero-order chi connectivity index (χ0) is 19.8. The Morgan fingerprint density at radius 1 is 1.11 bits per heavy atom. The van der Waals surface area contributed by atoms with Gasteiger partial charge in [0.15, 0.2) is 0 Å². The zero-order valence-corrected chi connectivity index (χ0v) is 16.4. The number of hydrogen-bond acceptors (Lipinski definition) is 5. The van der Waals surface area contributed by atoms with Gasteiger partial charge in [0.25, 0.3) is 10.0 Å². The summed E-state index contributed by atoms with van der Waals surface area (Å²) in [5, 5.41) is 0.557. The van der Waals surface area contributed by atoms with E-state index >= 15 is 0 Å². The Hall–Kier alpha value is -2.80. The Kier molecular flexibility index (Phi) is 4.97. The van der Waals surface area contributed by atoms with E-state index in [2.05, 4.69) is 4.72 Å². The summed E-state index contributed by atoms with van der Waals surface area (Å²) >= 11 is 0. The number of esters is 1. The van der Waals surface area contributed by atoms with Gasteiger partial charge in [-0.3, -0.25) is 4.72 Å². The van der Waals surface area contributed by atoms with E-state index in [1.54, 1.807) is 32.0 Å². The second kappa shape index (κ2) is 7.08. The normalized spacial score (nSPS) is 11.6. The number of rotatable bonds is 5. The molecule has 1 N–H and O–H groups in total. The quantitative estimate of drug-likeness (QED) is 0.659. The number of benzene rings is 2. The summed E-state index contributed by atoms with van der Waals surface area (Å²) in [6.07, 6.45) is 0. The summed E-state index contributed by atoms with van der Waals surface area (Å²) < 4.78 is 38.8. The molecule has 1 aromatic heterocycles. The van der Waals surface area contributed by atoms with Crippen LogP contribution in [0.5, 0.6) is 0 Å². The summed E-state index contributed by atoms with van der Waals surface area (Å²) in [5.74, 6) is -0.479. The Balaban J connectivity index is 2.02. The predicted molar refractivity (Wildman–Crippen MR) is 104 cm³/mol. The fourth-order valence-corrected chi connectivity index (χ4v) is 3.97. The van der Waals surface area contributed by atoms with Crippen LogP contribution in [0.1, 0.15) is 34.2 Å². The van der Waals surface area contributed by atoms with Crippen molar-refractivity contribution in [1.29, 1.82) is 0 Å². The summed E-state index contributed by atoms with van der Waals surface area (Å²) in [6.45, 7) is 7.42. The monoisotopic (exact) mass is 387 g/mol. The zero-order valence-electron chi connectivity index (χ0n) is 15.6. The fourth-order valence-electron chi connectivity index (χ4n) is 2.82. The largest absolute Gasteiger partial charge is 0.460 e. The molecule has 0 saturated heterocycles. The lowest BCUT2D eigenvalue weighted by molar-refractivity contribution is 0.0491. The van der Waals surface area contributed by atoms with Crippen LogP contribution in [0.4, 0.5) is 5.69 Å². The van der Waals surface area contributed by atoms with Crippen LogP contribution in [0.25, 0.3) is 11.0 Å². The maximum absolute atomic E-state index is 12.8. The van der Waals surface area contributed by atoms with Crippen LogP contribution in [0.15, 0.2) is 45.7 Å². The van der Waals surface area contributed by atoms with Crippen molar-refractivity contribution in [2.75, 3.05) is 11.3 Å². The Labute approximate surface area is 158 Å². The number of nitrogens with one attached hydrogen (secondary N) is 1. The first-order valence-corrected chi connectivity index (χ1v) is 10.0. The number of anilines is 1. The lowest BCUT2D eigenvalue weighted by atomic mass is 10.1. The van der Waals surface area contributed by atoms with Crippen molar-refractivity contribution < 1.29 is 22.4 Å². The molecule has 0 aliphatic heterocycles. The van der Waals surface area contributed by atoms with E-state index < -0.39 is 16.0 Å². The van der Waals surface area contributed by atoms with Crippen LogP contribution in [-0.4, -0.2) is 21.0 Å². The summed E-state index contributed by atoms with van der Waals surface area (Å²) in [4.78, 5) is 12.1. The van der Waals surface area contributed by atoms with Crippen LogP contribution in [0.2, 0.25) is 0 Å². The van der Waals surface area contributed by atoms with E-state index in [0.717, 1.165) is 11.1 Å². The molecule has 0 bridgehead atoms. The second-order valence-electron chi connectivity index (χ2n) is 6.29. The van der Waals surface area contributed by atoms with Crippen molar-refractivity contribution in [3.63, 3.8) is 0 Å². The summed E-state index contributed by atoms with van der Waals surface area (Å²) in [7, 11) is -3.79. The fraction of sp³-hybridized carbons (Fsp3) is 0.250. The molecule has 142 valence electrons. The Morgan fingerprint density at radius 3 is 2.56 bits per heavy atom. The van der Waals surface area contributed by atoms with Gasteiger partial charge in [-0.15, -0.1) is 0 Å². The average molecular weight is 387 g/mol. The third-order valence-electron chi connectivity index (χ3n) is 4.53. The molecule has 0 radical (unpaired) electrons. The first-order valence-electron chi connectivity index (χ1n) is 8.54. The molecule has 6 nitrogen and oxygen atoms in total. The van der Waals surface area contributed by atoms with Crippen molar-refractivity contribution >= 4 is 32.6 Å². The number of aryl methyl sites for hydroxylation is 2. The maximum atomic E-state index is 12.8. The van der Waals surface area contributed by atoms with E-state index in [9.17, 15) is 13.2 Å². The highest BCUT2D eigenvalue weighted by Crippen LogP contribution is 2.29. The second-order valence-corrected chi connectivity index (χ2v) is 7.97. The summed E-state index contributed by atoms with van der Waals surface area (Å²) in [5.41, 5.74) is 3.38. The van der Waals surface area contributed by atoms with Crippen LogP contribution in [-0.2, 0) is 14.8 Å². The third-order valence-corrected chi connectivity index (χ3v) is 5.89. The maximum Gasteiger partial charge on any atom is 0.374 e. The van der Waals surface area contributed by atoms with E-state index in [0.29, 0.717) is 22.2 Å². The number of carbonyl (C=O) groups is 1. The van der Waals surface area contributed by atoms with Gasteiger partial charge in [-0.05, 0) is 63.1 Å². The number of carbonyl (C=O) groups excluding carboxylic acids is 1. The highest BCUT2D eigenvalue weighted by atomic mass is 32.2. The van der Waals surface area contributed by atoms with Gasteiger partial charge in [0.2, 0.25) is 5.76 Å². The van der Waals surface area contributed by atoms with Crippen molar-refractivity contribution in [2.24, 2.45) is 0 Å². The molecule has 3 aromatic rings. The van der Waals surface area contributed by atoms with Crippen molar-refractivity contribution in [3.8, 4) is 0 Å². The molecule has 0 unspecified atom stereocenters. The Morgan fingerprint density at radius 2 is 1.85 bits per heavy atom. The highest BCUT2D eigenvalue weighted by molar-refractivity contribution is 7.92. The number of fused-ring (bicyclic) bond motifs is 1. The highest BCUT2D eigenvalue weighted by Gasteiger charge is 2.22. The van der Waals surface area contributed by atoms with Gasteiger partial charge in [-0.1, -0.05) is 12.1 Å². The molecule has 0 aliphatic carbocycles. The topological polar surface area (TPSA) is 85.6 Å². The number of hydrogen-bond donors (Lipinski definition) is 1. The van der Waals surface area contributed by atoms with E-state index in [-0.39, 0.29) is 17.3 Å². The predicted octanol–water partition coefficient (Wildman–Crippen LogP) is 4.34. The third kappa shape index (κ3) is 3.55. The van der Waals surface area contributed by atoms with Gasteiger partial charge >= 0.3 is 5.97 Å². The summed E-state index contributed by atoms with van der Waals surface area (Å²) in [6, 6.07) is 9.95. The molecule has 3 rings (SSSR count). The van der Waals surface area contributed by atoms with Crippen LogP contribution < -0.4 is 4.72 Å². The molecule has 0 aliphatic rings. The molecular weight excluding hydrogens is 366 g/mol. The molecule has 0 saturated carbocycles. The molecule has 2 aromatic carbocycles. The standard InChI is InChI=1S/C20H21NO5S/c1-5-25-20(22)19-14(4)16-11-15(9-10-18(16)26-19)27(23,24)21-17-8-6-7-12(2)13(17)3/h6-11,21H,5H2,1-4H3. The van der Waals surface area contributed by atoms with E-state index in [1.807, 2.05) is 19.9 Å². The molecule has 0 spiro atoms. The van der Waals surface area contributed by atoms with Crippen molar-refractivity contribution in [3.05, 3.63) is 58.8 Å². The molecule has 0 atom stereocenters. The van der Waals surface area contributed by atoms with Crippen molar-refractivity contribution in [1.82, 2.24) is 0 Å². The van der Waals surface area contributed by atoms with Crippen LogP contribution >= 0.6 is 0 Å². The molecule has 0 fully saturated rings. The molecule has 27 heavy (non-hydrogen) atoms. The number of sulfonamides is 1. The van der Waals surface area contributed by atoms with Crippen LogP contribution in [0.3, 0.4) is 0 Å². The number of furan rings is 1. The molecule has 7 heteroatoms. The average Bonchev–Trinajstić information content (AvgIpc) is 2.95. The minimum Gasteiger partial charge on any atom is -0.460 e. The molecule has 0 amide bonds. The van der Waals surface area contributed by atoms with E-state index in [1.165, 1.54) is 12.1 Å². The van der Waals surface area contributed by atoms with Gasteiger partial charge in [0, 0.05) is 10.9 Å². The molecular formula is C20H21NO5S. The van der Waals surface area contributed by atoms with Crippen LogP contribution in [0, 0.1) is 20.8 Å². The van der Waals surface area contributed by atoms with Crippen molar-refractivity contribution in [2.45, 2.75) is 32.6 Å². The Bertz CT molecular complexity index is 1130. The van der Waals surface area contributed by atoms with E-state index in [4.69, 9.17) is 9.15 Å². The smallest absolute Gasteiger partial charge is 0.374 e. The van der Waals surface area contributed by atoms with Gasteiger partial charge < -0.3 is 9.15 Å².